The van der Waals surface area contributed by atoms with Crippen molar-refractivity contribution in [2.75, 3.05) is 32.1 Å². The first kappa shape index (κ1) is 14.8. The fourth-order valence-corrected chi connectivity index (χ4v) is 2.60. The van der Waals surface area contributed by atoms with Crippen LogP contribution in [0.15, 0.2) is 18.3 Å². The van der Waals surface area contributed by atoms with Crippen LogP contribution in [0.4, 0.5) is 5.69 Å². The first-order valence-electron chi connectivity index (χ1n) is 7.22. The second-order valence-corrected chi connectivity index (χ2v) is 5.14. The quantitative estimate of drug-likeness (QED) is 0.833. The van der Waals surface area contributed by atoms with E-state index in [1.165, 1.54) is 7.11 Å². The van der Waals surface area contributed by atoms with E-state index < -0.39 is 0 Å². The highest BCUT2D eigenvalue weighted by Crippen LogP contribution is 2.20. The molecule has 0 aromatic carbocycles. The molecular weight excluding hydrogens is 254 g/mol. The lowest BCUT2D eigenvalue weighted by atomic mass is 9.97. The van der Waals surface area contributed by atoms with E-state index in [-0.39, 0.29) is 11.9 Å². The maximum atomic E-state index is 11.5. The third-order valence-electron chi connectivity index (χ3n) is 3.71. The molecule has 1 saturated heterocycles. The van der Waals surface area contributed by atoms with Gasteiger partial charge in [-0.3, -0.25) is 14.7 Å². The van der Waals surface area contributed by atoms with Gasteiger partial charge in [0.1, 0.15) is 0 Å². The average molecular weight is 277 g/mol. The molecule has 0 unspecified atom stereocenters. The van der Waals surface area contributed by atoms with Gasteiger partial charge in [-0.1, -0.05) is 0 Å². The Balaban J connectivity index is 1.86. The van der Waals surface area contributed by atoms with Crippen LogP contribution in [0.3, 0.4) is 0 Å². The zero-order valence-corrected chi connectivity index (χ0v) is 12.3. The number of carbonyl (C=O) groups excluding carboxylic acids is 1. The summed E-state index contributed by atoms with van der Waals surface area (Å²) in [5.74, 6) is -0.00535. The van der Waals surface area contributed by atoms with Gasteiger partial charge in [-0.15, -0.1) is 0 Å². The molecule has 2 heterocycles. The Hall–Kier alpha value is -1.62. The molecule has 1 N–H and O–H groups in total. The summed E-state index contributed by atoms with van der Waals surface area (Å²) < 4.78 is 4.81. The van der Waals surface area contributed by atoms with E-state index in [0.717, 1.165) is 50.4 Å². The Morgan fingerprint density at radius 2 is 2.25 bits per heavy atom. The van der Waals surface area contributed by atoms with Crippen molar-refractivity contribution in [1.29, 1.82) is 0 Å². The lowest BCUT2D eigenvalue weighted by Crippen LogP contribution is -2.36. The maximum absolute atomic E-state index is 11.5. The minimum atomic E-state index is -0.0723. The predicted molar refractivity (Wildman–Crippen MR) is 78.4 cm³/mol. The summed E-state index contributed by atoms with van der Waals surface area (Å²) in [6.07, 6.45) is 3.59. The molecule has 1 aliphatic rings. The first-order valence-corrected chi connectivity index (χ1v) is 7.22. The van der Waals surface area contributed by atoms with Gasteiger partial charge in [0.05, 0.1) is 18.7 Å². The van der Waals surface area contributed by atoms with E-state index in [1.54, 1.807) is 0 Å². The predicted octanol–water partition coefficient (Wildman–Crippen LogP) is 1.90. The zero-order chi connectivity index (χ0) is 14.4. The van der Waals surface area contributed by atoms with Crippen LogP contribution >= 0.6 is 0 Å². The Morgan fingerprint density at radius 1 is 1.50 bits per heavy atom. The molecule has 0 spiro atoms. The molecule has 110 valence electrons. The molecule has 0 saturated carbocycles. The van der Waals surface area contributed by atoms with Crippen LogP contribution in [-0.2, 0) is 16.1 Å². The van der Waals surface area contributed by atoms with Gasteiger partial charge in [0.2, 0.25) is 0 Å². The third-order valence-corrected chi connectivity index (χ3v) is 3.71. The number of esters is 1. The van der Waals surface area contributed by atoms with E-state index in [1.807, 2.05) is 12.3 Å². The summed E-state index contributed by atoms with van der Waals surface area (Å²) in [6, 6.07) is 4.08. The molecule has 1 fully saturated rings. The number of likely N-dealkylation sites (tertiary alicyclic amines) is 1. The number of piperidine rings is 1. The first-order chi connectivity index (χ1) is 9.72. The molecule has 0 amide bonds. The van der Waals surface area contributed by atoms with Gasteiger partial charge in [-0.05, 0) is 45.0 Å². The van der Waals surface area contributed by atoms with E-state index >= 15 is 0 Å². The molecule has 1 aromatic rings. The molecule has 0 bridgehead atoms. The average Bonchev–Trinajstić information content (AvgIpc) is 2.48. The van der Waals surface area contributed by atoms with Crippen LogP contribution in [-0.4, -0.2) is 42.6 Å². The van der Waals surface area contributed by atoms with Gasteiger partial charge in [0.15, 0.2) is 0 Å². The Kier molecular flexibility index (Phi) is 5.35. The summed E-state index contributed by atoms with van der Waals surface area (Å²) in [5.41, 5.74) is 2.18. The highest BCUT2D eigenvalue weighted by atomic mass is 16.5. The molecule has 2 rings (SSSR count). The molecule has 0 radical (unpaired) electrons. The number of hydrogen-bond donors (Lipinski definition) is 1. The van der Waals surface area contributed by atoms with Crippen molar-refractivity contribution in [3.63, 3.8) is 0 Å². The Labute approximate surface area is 120 Å². The number of aromatic nitrogens is 1. The number of rotatable bonds is 5. The highest BCUT2D eigenvalue weighted by molar-refractivity contribution is 5.72. The van der Waals surface area contributed by atoms with E-state index in [0.29, 0.717) is 0 Å². The summed E-state index contributed by atoms with van der Waals surface area (Å²) >= 11 is 0. The van der Waals surface area contributed by atoms with Crippen molar-refractivity contribution in [2.24, 2.45) is 5.92 Å². The third kappa shape index (κ3) is 3.93. The van der Waals surface area contributed by atoms with Gasteiger partial charge < -0.3 is 10.1 Å². The summed E-state index contributed by atoms with van der Waals surface area (Å²) in [5, 5.41) is 3.30. The van der Waals surface area contributed by atoms with Crippen LogP contribution in [0, 0.1) is 5.92 Å². The summed E-state index contributed by atoms with van der Waals surface area (Å²) in [6.45, 7) is 5.68. The van der Waals surface area contributed by atoms with Crippen LogP contribution in [0.2, 0.25) is 0 Å². The smallest absolute Gasteiger partial charge is 0.308 e. The number of nitrogens with zero attached hydrogens (tertiary/aromatic N) is 2. The fraction of sp³-hybridized carbons (Fsp3) is 0.600. The number of nitrogens with one attached hydrogen (secondary N) is 1. The number of carbonyl (C=O) groups is 1. The number of hydrogen-bond acceptors (Lipinski definition) is 5. The fourth-order valence-electron chi connectivity index (χ4n) is 2.60. The van der Waals surface area contributed by atoms with Gasteiger partial charge in [-0.2, -0.15) is 0 Å². The van der Waals surface area contributed by atoms with Crippen LogP contribution in [0.1, 0.15) is 25.5 Å². The van der Waals surface area contributed by atoms with Gasteiger partial charge in [-0.25, -0.2) is 0 Å². The van der Waals surface area contributed by atoms with Crippen LogP contribution in [0.25, 0.3) is 0 Å². The summed E-state index contributed by atoms with van der Waals surface area (Å²) in [4.78, 5) is 18.2. The standard InChI is InChI=1S/C15H23N3O2/c1-3-16-13-4-7-17-14(10-13)11-18-8-5-12(6-9-18)15(19)20-2/h4,7,10,12H,3,5-6,8-9,11H2,1-2H3,(H,16,17). The van der Waals surface area contributed by atoms with Crippen molar-refractivity contribution < 1.29 is 9.53 Å². The van der Waals surface area contributed by atoms with Crippen molar-refractivity contribution in [3.8, 4) is 0 Å². The highest BCUT2D eigenvalue weighted by Gasteiger charge is 2.25. The topological polar surface area (TPSA) is 54.5 Å². The minimum absolute atomic E-state index is 0.0669. The van der Waals surface area contributed by atoms with Crippen molar-refractivity contribution in [3.05, 3.63) is 24.0 Å². The van der Waals surface area contributed by atoms with Crippen LogP contribution < -0.4 is 5.32 Å². The van der Waals surface area contributed by atoms with Gasteiger partial charge in [0.25, 0.3) is 0 Å². The summed E-state index contributed by atoms with van der Waals surface area (Å²) in [7, 11) is 1.46. The van der Waals surface area contributed by atoms with Crippen LogP contribution in [0.5, 0.6) is 0 Å². The molecule has 1 aliphatic heterocycles. The number of pyridine rings is 1. The minimum Gasteiger partial charge on any atom is -0.469 e. The number of methoxy groups -OCH3 is 1. The normalized spacial score (nSPS) is 16.9. The number of anilines is 1. The lowest BCUT2D eigenvalue weighted by Gasteiger charge is -2.30. The molecule has 5 heteroatoms. The van der Waals surface area contributed by atoms with Crippen molar-refractivity contribution >= 4 is 11.7 Å². The molecule has 1 aromatic heterocycles. The van der Waals surface area contributed by atoms with E-state index in [9.17, 15) is 4.79 Å². The van der Waals surface area contributed by atoms with Crippen molar-refractivity contribution in [1.82, 2.24) is 9.88 Å². The Morgan fingerprint density at radius 3 is 2.90 bits per heavy atom. The molecular formula is C15H23N3O2. The maximum Gasteiger partial charge on any atom is 0.308 e. The van der Waals surface area contributed by atoms with Crippen molar-refractivity contribution in [2.45, 2.75) is 26.3 Å². The monoisotopic (exact) mass is 277 g/mol. The molecule has 0 atom stereocenters. The van der Waals surface area contributed by atoms with E-state index in [4.69, 9.17) is 4.74 Å². The zero-order valence-electron chi connectivity index (χ0n) is 12.3. The lowest BCUT2D eigenvalue weighted by molar-refractivity contribution is -0.147. The second kappa shape index (κ2) is 7.24. The number of ether oxygens (including phenoxy) is 1. The van der Waals surface area contributed by atoms with Gasteiger partial charge in [0, 0.05) is 25.0 Å². The molecule has 20 heavy (non-hydrogen) atoms. The van der Waals surface area contributed by atoms with E-state index in [2.05, 4.69) is 28.2 Å². The second-order valence-electron chi connectivity index (χ2n) is 5.14. The SMILES string of the molecule is CCNc1ccnc(CN2CCC(C(=O)OC)CC2)c1. The molecule has 5 nitrogen and oxygen atoms in total. The Bertz CT molecular complexity index is 442. The van der Waals surface area contributed by atoms with Gasteiger partial charge >= 0.3 is 5.97 Å². The molecule has 0 aliphatic carbocycles. The largest absolute Gasteiger partial charge is 0.469 e.